The van der Waals surface area contributed by atoms with Crippen molar-refractivity contribution in [1.82, 2.24) is 10.2 Å². The first-order chi connectivity index (χ1) is 20.8. The summed E-state index contributed by atoms with van der Waals surface area (Å²) in [5, 5.41) is 20.2. The van der Waals surface area contributed by atoms with Gasteiger partial charge in [-0.2, -0.15) is 0 Å². The smallest absolute Gasteiger partial charge is 0.301 e. The number of thioether (sulfide) groups is 1. The summed E-state index contributed by atoms with van der Waals surface area (Å²) in [5.41, 5.74) is 2.28. The van der Waals surface area contributed by atoms with Crippen molar-refractivity contribution in [3.05, 3.63) is 113 Å². The van der Waals surface area contributed by atoms with Crippen molar-refractivity contribution in [3.8, 4) is 11.5 Å². The molecule has 218 valence electrons. The van der Waals surface area contributed by atoms with Crippen LogP contribution in [0.4, 0.5) is 9.52 Å². The van der Waals surface area contributed by atoms with E-state index in [0.717, 1.165) is 22.6 Å². The highest BCUT2D eigenvalue weighted by molar-refractivity contribution is 8.00. The number of carbonyl (C=O) groups is 2. The monoisotopic (exact) mass is 615 g/mol. The number of amides is 1. The van der Waals surface area contributed by atoms with Crippen LogP contribution >= 0.6 is 23.1 Å². The molecule has 0 bridgehead atoms. The average Bonchev–Trinajstić information content (AvgIpc) is 3.70. The molecular formula is C32H26FN3O5S2. The normalized spacial score (nSPS) is 18.9. The molecule has 0 spiro atoms. The van der Waals surface area contributed by atoms with E-state index >= 15 is 0 Å². The molecule has 0 unspecified atom stereocenters. The molecule has 3 aromatic carbocycles. The number of anilines is 1. The van der Waals surface area contributed by atoms with Crippen molar-refractivity contribution in [2.45, 2.75) is 35.6 Å². The number of fused-ring (bicyclic) bond motifs is 1. The maximum absolute atomic E-state index is 14.1. The molecule has 1 saturated heterocycles. The lowest BCUT2D eigenvalue weighted by Crippen LogP contribution is -2.29. The van der Waals surface area contributed by atoms with E-state index in [1.165, 1.54) is 22.7 Å². The topological polar surface area (TPSA) is 102 Å². The van der Waals surface area contributed by atoms with Gasteiger partial charge >= 0.3 is 5.91 Å². The Morgan fingerprint density at radius 2 is 2.02 bits per heavy atom. The maximum atomic E-state index is 14.1. The number of ketones is 1. The molecule has 43 heavy (non-hydrogen) atoms. The van der Waals surface area contributed by atoms with E-state index in [4.69, 9.17) is 9.47 Å². The van der Waals surface area contributed by atoms with Gasteiger partial charge in [0.15, 0.2) is 4.34 Å². The molecule has 2 aliphatic rings. The number of hydrogen-bond acceptors (Lipinski definition) is 9. The first-order valence-electron chi connectivity index (χ1n) is 13.5. The van der Waals surface area contributed by atoms with Gasteiger partial charge in [-0.05, 0) is 60.0 Å². The Bertz CT molecular complexity index is 1770. The SMILES string of the molecule is C=CCOc1cccc([C@H]2/C(=C(\O)c3ccc4c(c3)C[C@@H](C)O4)C(=O)C(=O)N2c2nnc(SCc3ccccc3F)s2)c1. The standard InChI is InChI=1S/C32H26FN3O5S2/c1-3-13-40-23-9-6-8-19(16-23)27-26(28(37)20-11-12-25-22(15-20)14-18(2)41-25)29(38)30(39)36(27)31-34-35-32(43-31)42-17-21-7-4-5-10-24(21)33/h3-12,15-16,18,27,37H,1,13-14,17H2,2H3/b28-26+/t18-,27+/m1/s1. The Morgan fingerprint density at radius 3 is 2.84 bits per heavy atom. The summed E-state index contributed by atoms with van der Waals surface area (Å²) in [6.45, 7) is 5.90. The lowest BCUT2D eigenvalue weighted by molar-refractivity contribution is -0.132. The highest BCUT2D eigenvalue weighted by Gasteiger charge is 2.48. The van der Waals surface area contributed by atoms with E-state index in [-0.39, 0.29) is 35.0 Å². The highest BCUT2D eigenvalue weighted by Crippen LogP contribution is 2.45. The summed E-state index contributed by atoms with van der Waals surface area (Å²) in [6, 6.07) is 17.6. The van der Waals surface area contributed by atoms with Crippen molar-refractivity contribution in [3.63, 3.8) is 0 Å². The van der Waals surface area contributed by atoms with Gasteiger partial charge in [-0.25, -0.2) is 4.39 Å². The lowest BCUT2D eigenvalue weighted by atomic mass is 9.94. The number of aliphatic hydroxyl groups is 1. The van der Waals surface area contributed by atoms with Gasteiger partial charge in [0.1, 0.15) is 35.8 Å². The molecule has 2 atom stereocenters. The van der Waals surface area contributed by atoms with Gasteiger partial charge in [0.2, 0.25) is 5.13 Å². The number of ether oxygens (including phenoxy) is 2. The van der Waals surface area contributed by atoms with Crippen LogP contribution in [-0.2, 0) is 21.8 Å². The molecule has 0 aliphatic carbocycles. The van der Waals surface area contributed by atoms with E-state index in [0.29, 0.717) is 39.0 Å². The number of hydrogen-bond donors (Lipinski definition) is 1. The van der Waals surface area contributed by atoms with Crippen LogP contribution in [0.3, 0.4) is 0 Å². The number of halogens is 1. The van der Waals surface area contributed by atoms with Gasteiger partial charge < -0.3 is 14.6 Å². The number of carbonyl (C=O) groups excluding carboxylic acids is 2. The third kappa shape index (κ3) is 5.65. The second kappa shape index (κ2) is 12.0. The summed E-state index contributed by atoms with van der Waals surface area (Å²) in [6.07, 6.45) is 2.27. The van der Waals surface area contributed by atoms with Crippen LogP contribution in [0.1, 0.15) is 35.2 Å². The molecule has 1 N–H and O–H groups in total. The second-order valence-electron chi connectivity index (χ2n) is 10.0. The van der Waals surface area contributed by atoms with Crippen LogP contribution in [-0.4, -0.2) is 39.7 Å². The van der Waals surface area contributed by atoms with Gasteiger partial charge in [0.25, 0.3) is 5.78 Å². The van der Waals surface area contributed by atoms with E-state index in [1.807, 2.05) is 6.92 Å². The number of Topliss-reactive ketones (excluding diaryl/α,β-unsaturated/α-hetero) is 1. The molecule has 1 fully saturated rings. The maximum Gasteiger partial charge on any atom is 0.301 e. The third-order valence-corrected chi connectivity index (χ3v) is 9.17. The molecule has 4 aromatic rings. The molecule has 0 radical (unpaired) electrons. The van der Waals surface area contributed by atoms with Crippen LogP contribution in [0.25, 0.3) is 5.76 Å². The average molecular weight is 616 g/mol. The summed E-state index contributed by atoms with van der Waals surface area (Å²) < 4.78 is 26.2. The predicted octanol–water partition coefficient (Wildman–Crippen LogP) is 6.48. The Balaban J connectivity index is 1.40. The molecule has 6 rings (SSSR count). The number of benzene rings is 3. The molecule has 0 saturated carbocycles. The molecule has 2 aliphatic heterocycles. The van der Waals surface area contributed by atoms with Gasteiger partial charge in [-0.1, -0.05) is 66.1 Å². The van der Waals surface area contributed by atoms with Gasteiger partial charge in [-0.3, -0.25) is 14.5 Å². The fraction of sp³-hybridized carbons (Fsp3) is 0.188. The van der Waals surface area contributed by atoms with Gasteiger partial charge in [-0.15, -0.1) is 10.2 Å². The first kappa shape index (κ1) is 28.6. The van der Waals surface area contributed by atoms with Crippen molar-refractivity contribution >= 4 is 45.7 Å². The summed E-state index contributed by atoms with van der Waals surface area (Å²) in [7, 11) is 0. The Labute approximate surface area is 255 Å². The van der Waals surface area contributed by atoms with Gasteiger partial charge in [0, 0.05) is 17.7 Å². The fourth-order valence-electron chi connectivity index (χ4n) is 5.11. The predicted molar refractivity (Wildman–Crippen MR) is 163 cm³/mol. The first-order valence-corrected chi connectivity index (χ1v) is 15.3. The zero-order chi connectivity index (χ0) is 30.1. The van der Waals surface area contributed by atoms with Crippen LogP contribution in [0, 0.1) is 5.82 Å². The third-order valence-electron chi connectivity index (χ3n) is 7.07. The lowest BCUT2D eigenvalue weighted by Gasteiger charge is -2.23. The van der Waals surface area contributed by atoms with E-state index in [2.05, 4.69) is 16.8 Å². The quantitative estimate of drug-likeness (QED) is 0.0570. The molecule has 8 nitrogen and oxygen atoms in total. The van der Waals surface area contributed by atoms with E-state index in [9.17, 15) is 19.1 Å². The molecule has 1 amide bonds. The van der Waals surface area contributed by atoms with Crippen LogP contribution in [0.5, 0.6) is 11.5 Å². The fourth-order valence-corrected chi connectivity index (χ4v) is 6.97. The van der Waals surface area contributed by atoms with Crippen molar-refractivity contribution in [1.29, 1.82) is 0 Å². The number of rotatable bonds is 9. The Kier molecular flexibility index (Phi) is 8.00. The number of aliphatic hydroxyl groups excluding tert-OH is 1. The van der Waals surface area contributed by atoms with Crippen LogP contribution < -0.4 is 14.4 Å². The van der Waals surface area contributed by atoms with Crippen molar-refractivity contribution in [2.24, 2.45) is 0 Å². The zero-order valence-electron chi connectivity index (χ0n) is 23.0. The van der Waals surface area contributed by atoms with E-state index in [1.54, 1.807) is 66.7 Å². The second-order valence-corrected chi connectivity index (χ2v) is 12.2. The largest absolute Gasteiger partial charge is 0.507 e. The van der Waals surface area contributed by atoms with E-state index < -0.39 is 17.7 Å². The van der Waals surface area contributed by atoms with Gasteiger partial charge in [0.05, 0.1) is 11.6 Å². The van der Waals surface area contributed by atoms with Crippen LogP contribution in [0.2, 0.25) is 0 Å². The molecule has 1 aromatic heterocycles. The zero-order valence-corrected chi connectivity index (χ0v) is 24.7. The molecular weight excluding hydrogens is 590 g/mol. The Morgan fingerprint density at radius 1 is 1.19 bits per heavy atom. The molecule has 3 heterocycles. The van der Waals surface area contributed by atoms with Crippen molar-refractivity contribution in [2.75, 3.05) is 11.5 Å². The van der Waals surface area contributed by atoms with Crippen LogP contribution in [0.15, 0.2) is 89.3 Å². The minimum atomic E-state index is -1.01. The summed E-state index contributed by atoms with van der Waals surface area (Å²) >= 11 is 2.38. The summed E-state index contributed by atoms with van der Waals surface area (Å²) in [4.78, 5) is 28.5. The minimum Gasteiger partial charge on any atom is -0.507 e. The number of nitrogens with zero attached hydrogens (tertiary/aromatic N) is 3. The molecule has 11 heteroatoms. The summed E-state index contributed by atoms with van der Waals surface area (Å²) in [5.74, 6) is -0.773. The Hall–Kier alpha value is -4.48. The van der Waals surface area contributed by atoms with Crippen molar-refractivity contribution < 1.29 is 28.6 Å². The minimum absolute atomic E-state index is 0.000802. The highest BCUT2D eigenvalue weighted by atomic mass is 32.2. The number of aromatic nitrogens is 2.